The molecule has 0 saturated heterocycles. The van der Waals surface area contributed by atoms with E-state index in [0.717, 1.165) is 12.8 Å². The van der Waals surface area contributed by atoms with Crippen LogP contribution < -0.4 is 0 Å². The summed E-state index contributed by atoms with van der Waals surface area (Å²) in [6.45, 7) is 0.517. The third-order valence-corrected chi connectivity index (χ3v) is 3.59. The van der Waals surface area contributed by atoms with Crippen molar-refractivity contribution in [3.05, 3.63) is 75.7 Å². The van der Waals surface area contributed by atoms with Crippen LogP contribution in [0.4, 0.5) is 0 Å². The van der Waals surface area contributed by atoms with Gasteiger partial charge in [-0.05, 0) is 46.2 Å². The molecule has 0 unspecified atom stereocenters. The zero-order valence-corrected chi connectivity index (χ0v) is 11.2. The van der Waals surface area contributed by atoms with E-state index in [9.17, 15) is 0 Å². The van der Waals surface area contributed by atoms with E-state index in [0.29, 0.717) is 6.54 Å². The molecule has 3 nitrogen and oxygen atoms in total. The Hall–Kier alpha value is -2.51. The molecule has 0 heterocycles. The van der Waals surface area contributed by atoms with Gasteiger partial charge in [-0.15, -0.1) is 0 Å². The molecule has 1 aliphatic rings. The predicted molar refractivity (Wildman–Crippen MR) is 82.3 cm³/mol. The zero-order valence-electron chi connectivity index (χ0n) is 11.2. The Balaban J connectivity index is 1.79. The summed E-state index contributed by atoms with van der Waals surface area (Å²) in [6, 6.07) is 15.2. The SMILES string of the molecule is [N-]=[N+]=NCCC=Cc1ccc2c(c1)Cc1ccccc1-2. The number of azide groups is 1. The lowest BCUT2D eigenvalue weighted by Crippen LogP contribution is -1.82. The summed E-state index contributed by atoms with van der Waals surface area (Å²) in [6.07, 6.45) is 5.95. The minimum atomic E-state index is 0.517. The highest BCUT2D eigenvalue weighted by Crippen LogP contribution is 2.36. The van der Waals surface area contributed by atoms with E-state index in [4.69, 9.17) is 5.53 Å². The number of benzene rings is 2. The topological polar surface area (TPSA) is 48.8 Å². The van der Waals surface area contributed by atoms with Crippen LogP contribution in [0.15, 0.2) is 53.7 Å². The average Bonchev–Trinajstić information content (AvgIpc) is 2.84. The van der Waals surface area contributed by atoms with Crippen LogP contribution in [0.25, 0.3) is 27.6 Å². The molecular weight excluding hydrogens is 246 g/mol. The van der Waals surface area contributed by atoms with Crippen molar-refractivity contribution in [2.75, 3.05) is 6.54 Å². The molecule has 2 aromatic carbocycles. The molecule has 0 aliphatic heterocycles. The highest BCUT2D eigenvalue weighted by molar-refractivity contribution is 5.78. The molecule has 0 atom stereocenters. The lowest BCUT2D eigenvalue weighted by atomic mass is 10.0. The Kier molecular flexibility index (Phi) is 3.53. The van der Waals surface area contributed by atoms with Crippen molar-refractivity contribution in [1.82, 2.24) is 0 Å². The number of fused-ring (bicyclic) bond motifs is 3. The Labute approximate surface area is 118 Å². The lowest BCUT2D eigenvalue weighted by molar-refractivity contribution is 0.995. The molecule has 0 aromatic heterocycles. The molecular formula is C17H15N3. The smallest absolute Gasteiger partial charge is 0.0292 e. The van der Waals surface area contributed by atoms with Gasteiger partial charge in [-0.25, -0.2) is 0 Å². The number of nitrogens with zero attached hydrogens (tertiary/aromatic N) is 3. The van der Waals surface area contributed by atoms with Crippen LogP contribution in [0.2, 0.25) is 0 Å². The lowest BCUT2D eigenvalue weighted by Gasteiger charge is -2.01. The summed E-state index contributed by atoms with van der Waals surface area (Å²) in [4.78, 5) is 2.74. The van der Waals surface area contributed by atoms with Crippen molar-refractivity contribution in [1.29, 1.82) is 0 Å². The summed E-state index contributed by atoms with van der Waals surface area (Å²) >= 11 is 0. The van der Waals surface area contributed by atoms with Crippen molar-refractivity contribution in [3.8, 4) is 11.1 Å². The van der Waals surface area contributed by atoms with Crippen LogP contribution in [0.3, 0.4) is 0 Å². The van der Waals surface area contributed by atoms with Crippen LogP contribution in [-0.4, -0.2) is 6.54 Å². The predicted octanol–water partition coefficient (Wildman–Crippen LogP) is 4.97. The first-order valence-electron chi connectivity index (χ1n) is 6.77. The fourth-order valence-electron chi connectivity index (χ4n) is 2.67. The van der Waals surface area contributed by atoms with Gasteiger partial charge in [0.25, 0.3) is 0 Å². The molecule has 0 bridgehead atoms. The molecule has 20 heavy (non-hydrogen) atoms. The molecule has 0 fully saturated rings. The zero-order chi connectivity index (χ0) is 13.8. The summed E-state index contributed by atoms with van der Waals surface area (Å²) in [7, 11) is 0. The Morgan fingerprint density at radius 2 is 1.95 bits per heavy atom. The first kappa shape index (κ1) is 12.5. The summed E-state index contributed by atoms with van der Waals surface area (Å²) < 4.78 is 0. The summed E-state index contributed by atoms with van der Waals surface area (Å²) in [5, 5.41) is 3.52. The van der Waals surface area contributed by atoms with E-state index in [1.807, 2.05) is 0 Å². The first-order valence-corrected chi connectivity index (χ1v) is 6.77. The maximum atomic E-state index is 8.21. The van der Waals surface area contributed by atoms with Crippen molar-refractivity contribution in [3.63, 3.8) is 0 Å². The minimum Gasteiger partial charge on any atom is -0.0937 e. The fraction of sp³-hybridized carbons (Fsp3) is 0.176. The normalized spacial score (nSPS) is 12.0. The van der Waals surface area contributed by atoms with Crippen molar-refractivity contribution in [2.45, 2.75) is 12.8 Å². The summed E-state index contributed by atoms with van der Waals surface area (Å²) in [5.41, 5.74) is 14.9. The van der Waals surface area contributed by atoms with E-state index in [-0.39, 0.29) is 0 Å². The fourth-order valence-corrected chi connectivity index (χ4v) is 2.67. The van der Waals surface area contributed by atoms with E-state index >= 15 is 0 Å². The second-order valence-electron chi connectivity index (χ2n) is 4.90. The van der Waals surface area contributed by atoms with Gasteiger partial charge in [-0.1, -0.05) is 59.7 Å². The van der Waals surface area contributed by atoms with E-state index in [1.54, 1.807) is 0 Å². The number of hydrogen-bond acceptors (Lipinski definition) is 1. The Bertz CT molecular complexity index is 710. The molecule has 0 radical (unpaired) electrons. The van der Waals surface area contributed by atoms with Gasteiger partial charge in [-0.3, -0.25) is 0 Å². The third kappa shape index (κ3) is 2.44. The molecule has 0 saturated carbocycles. The number of rotatable bonds is 4. The minimum absolute atomic E-state index is 0.517. The third-order valence-electron chi connectivity index (χ3n) is 3.59. The van der Waals surface area contributed by atoms with Gasteiger partial charge in [0, 0.05) is 11.5 Å². The standard InChI is InChI=1S/C17H15N3/c18-20-19-10-4-3-5-13-8-9-17-15(11-13)12-14-6-1-2-7-16(14)17/h1-3,5-9,11H,4,10,12H2. The average molecular weight is 261 g/mol. The second kappa shape index (κ2) is 5.64. The van der Waals surface area contributed by atoms with Gasteiger partial charge in [-0.2, -0.15) is 0 Å². The van der Waals surface area contributed by atoms with Gasteiger partial charge in [0.2, 0.25) is 0 Å². The van der Waals surface area contributed by atoms with Crippen molar-refractivity contribution in [2.24, 2.45) is 5.11 Å². The highest BCUT2D eigenvalue weighted by atomic mass is 15.1. The van der Waals surface area contributed by atoms with Gasteiger partial charge in [0.15, 0.2) is 0 Å². The number of hydrogen-bond donors (Lipinski definition) is 0. The second-order valence-corrected chi connectivity index (χ2v) is 4.90. The quantitative estimate of drug-likeness (QED) is 0.275. The molecule has 3 heteroatoms. The largest absolute Gasteiger partial charge is 0.0937 e. The molecule has 0 N–H and O–H groups in total. The van der Waals surface area contributed by atoms with E-state index in [2.05, 4.69) is 64.6 Å². The maximum absolute atomic E-state index is 8.21. The first-order chi connectivity index (χ1) is 9.88. The molecule has 0 amide bonds. The van der Waals surface area contributed by atoms with Crippen LogP contribution in [0.5, 0.6) is 0 Å². The van der Waals surface area contributed by atoms with Crippen molar-refractivity contribution < 1.29 is 0 Å². The highest BCUT2D eigenvalue weighted by Gasteiger charge is 2.17. The van der Waals surface area contributed by atoms with Gasteiger partial charge in [0.1, 0.15) is 0 Å². The van der Waals surface area contributed by atoms with Gasteiger partial charge >= 0.3 is 0 Å². The van der Waals surface area contributed by atoms with Crippen molar-refractivity contribution >= 4 is 6.08 Å². The van der Waals surface area contributed by atoms with Gasteiger partial charge in [0.05, 0.1) is 0 Å². The maximum Gasteiger partial charge on any atom is 0.0292 e. The molecule has 3 rings (SSSR count). The van der Waals surface area contributed by atoms with E-state index < -0.39 is 0 Å². The van der Waals surface area contributed by atoms with Gasteiger partial charge < -0.3 is 0 Å². The van der Waals surface area contributed by atoms with Crippen LogP contribution in [0.1, 0.15) is 23.1 Å². The molecule has 1 aliphatic carbocycles. The Morgan fingerprint density at radius 3 is 2.85 bits per heavy atom. The van der Waals surface area contributed by atoms with Crippen LogP contribution >= 0.6 is 0 Å². The van der Waals surface area contributed by atoms with Crippen LogP contribution in [-0.2, 0) is 6.42 Å². The summed E-state index contributed by atoms with van der Waals surface area (Å²) in [5.74, 6) is 0. The van der Waals surface area contributed by atoms with E-state index in [1.165, 1.54) is 27.8 Å². The molecule has 98 valence electrons. The monoisotopic (exact) mass is 261 g/mol. The molecule has 2 aromatic rings. The molecule has 0 spiro atoms. The Morgan fingerprint density at radius 1 is 1.10 bits per heavy atom. The van der Waals surface area contributed by atoms with Crippen LogP contribution in [0, 0.1) is 0 Å².